The molecular weight excluding hydrogens is 384 g/mol. The summed E-state index contributed by atoms with van der Waals surface area (Å²) in [6, 6.07) is 19.9. The first kappa shape index (κ1) is 19.2. The van der Waals surface area contributed by atoms with Crippen molar-refractivity contribution in [1.29, 1.82) is 0 Å². The van der Waals surface area contributed by atoms with Crippen molar-refractivity contribution in [3.63, 3.8) is 0 Å². The van der Waals surface area contributed by atoms with Gasteiger partial charge in [-0.1, -0.05) is 48.5 Å². The molecule has 1 heterocycles. The molecule has 0 saturated carbocycles. The van der Waals surface area contributed by atoms with Crippen LogP contribution < -0.4 is 15.2 Å². The molecule has 0 bridgehead atoms. The molecule has 1 aliphatic rings. The Kier molecular flexibility index (Phi) is 5.17. The van der Waals surface area contributed by atoms with Crippen molar-refractivity contribution in [2.45, 2.75) is 0 Å². The number of benzene rings is 3. The summed E-state index contributed by atoms with van der Waals surface area (Å²) in [6.45, 7) is -0.290. The first-order chi connectivity index (χ1) is 14.6. The summed E-state index contributed by atoms with van der Waals surface area (Å²) in [5.41, 5.74) is 3.64. The lowest BCUT2D eigenvalue weighted by molar-refractivity contribution is -0.142. The predicted molar refractivity (Wildman–Crippen MR) is 112 cm³/mol. The minimum absolute atomic E-state index is 0.0295. The van der Waals surface area contributed by atoms with Crippen molar-refractivity contribution < 1.29 is 23.9 Å². The zero-order valence-corrected chi connectivity index (χ0v) is 16.1. The second-order valence-corrected chi connectivity index (χ2v) is 6.54. The Morgan fingerprint density at radius 3 is 2.50 bits per heavy atom. The lowest BCUT2D eigenvalue weighted by Gasteiger charge is -2.14. The normalized spacial score (nSPS) is 14.8. The molecule has 7 heteroatoms. The number of para-hydroxylation sites is 1. The van der Waals surface area contributed by atoms with Crippen molar-refractivity contribution in [2.75, 3.05) is 18.7 Å². The quantitative estimate of drug-likeness (QED) is 0.403. The van der Waals surface area contributed by atoms with Gasteiger partial charge in [-0.2, -0.15) is 0 Å². The molecule has 0 aromatic heterocycles. The van der Waals surface area contributed by atoms with Gasteiger partial charge in [-0.05, 0) is 35.0 Å². The van der Waals surface area contributed by atoms with Gasteiger partial charge < -0.3 is 9.47 Å². The number of ether oxygens (including phenoxy) is 2. The van der Waals surface area contributed by atoms with Crippen molar-refractivity contribution in [3.8, 4) is 5.75 Å². The largest absolute Gasteiger partial charge is 0.481 e. The van der Waals surface area contributed by atoms with Gasteiger partial charge in [0.05, 0.1) is 12.8 Å². The average Bonchev–Trinajstić information content (AvgIpc) is 3.07. The van der Waals surface area contributed by atoms with Crippen LogP contribution in [0.1, 0.15) is 5.56 Å². The number of hydrogen-bond donors (Lipinski definition) is 1. The first-order valence-corrected chi connectivity index (χ1v) is 9.22. The fraction of sp³-hybridized carbons (Fsp3) is 0.0870. The third kappa shape index (κ3) is 3.60. The van der Waals surface area contributed by atoms with Gasteiger partial charge in [-0.25, -0.2) is 9.80 Å². The number of hydrazine groups is 1. The van der Waals surface area contributed by atoms with E-state index in [2.05, 4.69) is 10.2 Å². The van der Waals surface area contributed by atoms with Crippen LogP contribution in [0, 0.1) is 0 Å². The highest BCUT2D eigenvalue weighted by Gasteiger charge is 2.34. The van der Waals surface area contributed by atoms with Crippen molar-refractivity contribution in [2.24, 2.45) is 0 Å². The van der Waals surface area contributed by atoms with Crippen LogP contribution in [-0.2, 0) is 19.1 Å². The molecule has 1 aliphatic heterocycles. The molecule has 1 fully saturated rings. The second kappa shape index (κ2) is 8.08. The molecule has 0 unspecified atom stereocenters. The maximum absolute atomic E-state index is 12.9. The summed E-state index contributed by atoms with van der Waals surface area (Å²) in [4.78, 5) is 37.0. The van der Waals surface area contributed by atoms with Gasteiger partial charge in [0, 0.05) is 5.56 Å². The predicted octanol–water partition coefficient (Wildman–Crippen LogP) is 2.85. The molecule has 3 aromatic rings. The van der Waals surface area contributed by atoms with Gasteiger partial charge >= 0.3 is 5.97 Å². The smallest absolute Gasteiger partial charge is 0.343 e. The van der Waals surface area contributed by atoms with Crippen LogP contribution in [0.15, 0.2) is 72.3 Å². The van der Waals surface area contributed by atoms with Gasteiger partial charge in [0.25, 0.3) is 11.8 Å². The van der Waals surface area contributed by atoms with Gasteiger partial charge in [0.15, 0.2) is 6.61 Å². The van der Waals surface area contributed by atoms with Crippen LogP contribution in [0.3, 0.4) is 0 Å². The molecule has 3 aromatic carbocycles. The summed E-state index contributed by atoms with van der Waals surface area (Å²) in [5, 5.41) is 2.89. The van der Waals surface area contributed by atoms with E-state index in [0.29, 0.717) is 17.0 Å². The number of carbonyl (C=O) groups is 3. The molecule has 4 rings (SSSR count). The molecule has 2 amide bonds. The van der Waals surface area contributed by atoms with Gasteiger partial charge in [-0.15, -0.1) is 0 Å². The monoisotopic (exact) mass is 402 g/mol. The Labute approximate surface area is 172 Å². The molecule has 0 radical (unpaired) electrons. The number of amides is 2. The van der Waals surface area contributed by atoms with E-state index in [9.17, 15) is 14.4 Å². The van der Waals surface area contributed by atoms with Crippen molar-refractivity contribution in [1.82, 2.24) is 5.43 Å². The lowest BCUT2D eigenvalue weighted by Crippen LogP contribution is -2.35. The number of rotatable bonds is 5. The average molecular weight is 402 g/mol. The highest BCUT2D eigenvalue weighted by molar-refractivity contribution is 6.32. The van der Waals surface area contributed by atoms with E-state index in [4.69, 9.17) is 4.74 Å². The number of carbonyl (C=O) groups excluding carboxylic acids is 3. The lowest BCUT2D eigenvalue weighted by atomic mass is 10.0. The molecule has 0 aliphatic carbocycles. The standard InChI is InChI=1S/C23H18N2O5/c1-29-21(26)14-30-20-12-11-15-7-5-6-10-17(15)18(20)13-19-22(27)24-25(23(19)28)16-8-3-2-4-9-16/h2-13H,14H2,1H3,(H,24,27)/b19-13-. The van der Waals surface area contributed by atoms with Crippen LogP contribution in [-0.4, -0.2) is 31.5 Å². The topological polar surface area (TPSA) is 84.9 Å². The molecule has 7 nitrogen and oxygen atoms in total. The SMILES string of the molecule is COC(=O)COc1ccc2ccccc2c1/C=C1/C(=O)NN(c2ccccc2)C1=O. The number of esters is 1. The number of methoxy groups -OCH3 is 1. The summed E-state index contributed by atoms with van der Waals surface area (Å²) in [7, 11) is 1.27. The van der Waals surface area contributed by atoms with Crippen LogP contribution in [0.25, 0.3) is 16.8 Å². The Bertz CT molecular complexity index is 1170. The van der Waals surface area contributed by atoms with Gasteiger partial charge in [-0.3, -0.25) is 15.0 Å². The molecular formula is C23H18N2O5. The zero-order chi connectivity index (χ0) is 21.1. The van der Waals surface area contributed by atoms with E-state index in [1.807, 2.05) is 36.4 Å². The van der Waals surface area contributed by atoms with Crippen molar-refractivity contribution >= 4 is 40.3 Å². The number of hydrogen-bond acceptors (Lipinski definition) is 5. The van der Waals surface area contributed by atoms with E-state index in [1.54, 1.807) is 30.3 Å². The van der Waals surface area contributed by atoms with E-state index in [-0.39, 0.29) is 12.2 Å². The van der Waals surface area contributed by atoms with Crippen LogP contribution in [0.5, 0.6) is 5.75 Å². The van der Waals surface area contributed by atoms with E-state index >= 15 is 0 Å². The minimum atomic E-state index is -0.535. The minimum Gasteiger partial charge on any atom is -0.481 e. The zero-order valence-electron chi connectivity index (χ0n) is 16.1. The number of fused-ring (bicyclic) bond motifs is 1. The fourth-order valence-corrected chi connectivity index (χ4v) is 3.21. The van der Waals surface area contributed by atoms with Gasteiger partial charge in [0.1, 0.15) is 11.3 Å². The van der Waals surface area contributed by atoms with Crippen LogP contribution in [0.2, 0.25) is 0 Å². The second-order valence-electron chi connectivity index (χ2n) is 6.54. The third-order valence-corrected chi connectivity index (χ3v) is 4.70. The summed E-state index contributed by atoms with van der Waals surface area (Å²) >= 11 is 0. The van der Waals surface area contributed by atoms with Crippen molar-refractivity contribution in [3.05, 3.63) is 77.9 Å². The highest BCUT2D eigenvalue weighted by atomic mass is 16.6. The van der Waals surface area contributed by atoms with Crippen LogP contribution >= 0.6 is 0 Å². The maximum Gasteiger partial charge on any atom is 0.343 e. The third-order valence-electron chi connectivity index (χ3n) is 4.70. The number of anilines is 1. The molecule has 150 valence electrons. The van der Waals surface area contributed by atoms with E-state index < -0.39 is 17.8 Å². The molecule has 0 atom stereocenters. The molecule has 30 heavy (non-hydrogen) atoms. The van der Waals surface area contributed by atoms with Gasteiger partial charge in [0.2, 0.25) is 0 Å². The van der Waals surface area contributed by atoms with E-state index in [0.717, 1.165) is 10.8 Å². The summed E-state index contributed by atoms with van der Waals surface area (Å²) < 4.78 is 10.2. The fourth-order valence-electron chi connectivity index (χ4n) is 3.21. The molecule has 1 saturated heterocycles. The maximum atomic E-state index is 12.9. The number of nitrogens with one attached hydrogen (secondary N) is 1. The molecule has 0 spiro atoms. The summed E-state index contributed by atoms with van der Waals surface area (Å²) in [6.07, 6.45) is 1.50. The Balaban J connectivity index is 1.78. The first-order valence-electron chi connectivity index (χ1n) is 9.22. The Morgan fingerprint density at radius 1 is 1.00 bits per heavy atom. The Hall–Kier alpha value is -4.13. The highest BCUT2D eigenvalue weighted by Crippen LogP contribution is 2.32. The van der Waals surface area contributed by atoms with E-state index in [1.165, 1.54) is 18.2 Å². The van der Waals surface area contributed by atoms with Crippen LogP contribution in [0.4, 0.5) is 5.69 Å². The number of nitrogens with zero attached hydrogens (tertiary/aromatic N) is 1. The molecule has 1 N–H and O–H groups in total. The summed E-state index contributed by atoms with van der Waals surface area (Å²) in [5.74, 6) is -1.16. The Morgan fingerprint density at radius 2 is 1.73 bits per heavy atom.